The average Bonchev–Trinajstić information content (AvgIpc) is 3.21. The number of carbonyl (C=O) groups is 2. The Hall–Kier alpha value is -2.60. The van der Waals surface area contributed by atoms with Crippen LogP contribution in [-0.4, -0.2) is 89.0 Å². The molecule has 0 saturated carbocycles. The lowest BCUT2D eigenvalue weighted by Crippen LogP contribution is -2.59. The number of hydrogen-bond acceptors (Lipinski definition) is 10. The number of unbranched alkanes of at least 4 members (excludes halogenated alkanes) is 15. The topological polar surface area (TPSA) is 152 Å². The van der Waals surface area contributed by atoms with Crippen molar-refractivity contribution in [3.63, 3.8) is 0 Å². The second kappa shape index (κ2) is 37.7. The molecule has 0 bridgehead atoms. The first-order valence-electron chi connectivity index (χ1n) is 22.4. The van der Waals surface area contributed by atoms with E-state index in [0.29, 0.717) is 12.8 Å². The van der Waals surface area contributed by atoms with Crippen molar-refractivity contribution in [2.45, 2.75) is 205 Å². The van der Waals surface area contributed by atoms with Gasteiger partial charge in [-0.25, -0.2) is 0 Å². The number of carbonyl (C=O) groups excluding carboxylic acids is 2. The third-order valence-electron chi connectivity index (χ3n) is 9.86. The summed E-state index contributed by atoms with van der Waals surface area (Å²) in [5, 5.41) is 40.1. The van der Waals surface area contributed by atoms with Crippen molar-refractivity contribution in [2.75, 3.05) is 19.8 Å². The Morgan fingerprint density at radius 1 is 0.544 bits per heavy atom. The number of ether oxygens (including phenoxy) is 4. The smallest absolute Gasteiger partial charge is 0.306 e. The molecule has 10 heteroatoms. The zero-order chi connectivity index (χ0) is 41.6. The summed E-state index contributed by atoms with van der Waals surface area (Å²) in [6.45, 7) is 3.29. The number of rotatable bonds is 36. The number of allylic oxidation sites excluding steroid dienone is 10. The van der Waals surface area contributed by atoms with Gasteiger partial charge in [0.1, 0.15) is 31.0 Å². The molecule has 0 aromatic rings. The lowest BCUT2D eigenvalue weighted by Gasteiger charge is -2.39. The van der Waals surface area contributed by atoms with Gasteiger partial charge in [0.15, 0.2) is 12.4 Å². The van der Waals surface area contributed by atoms with Crippen molar-refractivity contribution >= 4 is 11.9 Å². The van der Waals surface area contributed by atoms with Crippen LogP contribution in [0, 0.1) is 0 Å². The summed E-state index contributed by atoms with van der Waals surface area (Å²) in [5.74, 6) is -0.865. The third kappa shape index (κ3) is 29.3. The van der Waals surface area contributed by atoms with Crippen molar-refractivity contribution in [1.82, 2.24) is 0 Å². The van der Waals surface area contributed by atoms with Gasteiger partial charge < -0.3 is 39.4 Å². The maximum absolute atomic E-state index is 12.8. The largest absolute Gasteiger partial charge is 0.462 e. The number of esters is 2. The first-order valence-corrected chi connectivity index (χ1v) is 22.4. The van der Waals surface area contributed by atoms with E-state index in [2.05, 4.69) is 74.6 Å². The van der Waals surface area contributed by atoms with Gasteiger partial charge >= 0.3 is 11.9 Å². The van der Waals surface area contributed by atoms with Crippen LogP contribution in [0.2, 0.25) is 0 Å². The standard InChI is InChI=1S/C47H80O10/c1-3-5-7-9-11-13-15-17-19-20-22-24-26-28-30-32-34-36-43(50)56-40(39-55-47-46(53)45(52)44(51)41(37-48)57-47)38-54-42(49)35-33-31-29-27-25-23-21-18-16-14-12-10-8-6-4-2/h7,9,13,15,19-20,23-26,40-41,44-48,51-53H,3-6,8,10-12,14,16-18,21-22,27-39H2,1-2H3/b9-7+,15-13+,20-19+,25-23+,26-24+/t40-,41-,44+,45?,46?,47-/m1/s1. The zero-order valence-electron chi connectivity index (χ0n) is 35.6. The maximum Gasteiger partial charge on any atom is 0.306 e. The van der Waals surface area contributed by atoms with Gasteiger partial charge in [-0.1, -0.05) is 139 Å². The molecule has 0 aliphatic carbocycles. The third-order valence-corrected chi connectivity index (χ3v) is 9.86. The zero-order valence-corrected chi connectivity index (χ0v) is 35.6. The first-order chi connectivity index (χ1) is 27.8. The molecule has 1 aliphatic rings. The molecule has 0 radical (unpaired) electrons. The van der Waals surface area contributed by atoms with E-state index in [1.54, 1.807) is 0 Å². The molecule has 1 saturated heterocycles. The van der Waals surface area contributed by atoms with Crippen LogP contribution in [0.4, 0.5) is 0 Å². The fourth-order valence-corrected chi connectivity index (χ4v) is 6.29. The second-order valence-electron chi connectivity index (χ2n) is 15.1. The highest BCUT2D eigenvalue weighted by Gasteiger charge is 2.44. The summed E-state index contributed by atoms with van der Waals surface area (Å²) in [4.78, 5) is 25.3. The summed E-state index contributed by atoms with van der Waals surface area (Å²) < 4.78 is 22.1. The Labute approximate surface area is 345 Å². The van der Waals surface area contributed by atoms with Crippen molar-refractivity contribution in [3.8, 4) is 0 Å². The van der Waals surface area contributed by atoms with E-state index in [0.717, 1.165) is 70.6 Å². The van der Waals surface area contributed by atoms with Crippen LogP contribution in [-0.2, 0) is 28.5 Å². The summed E-state index contributed by atoms with van der Waals surface area (Å²) >= 11 is 0. The highest BCUT2D eigenvalue weighted by Crippen LogP contribution is 2.22. The molecule has 6 atom stereocenters. The van der Waals surface area contributed by atoms with Gasteiger partial charge in [-0.15, -0.1) is 0 Å². The average molecular weight is 805 g/mol. The SMILES string of the molecule is CCC/C=C/C/C=C/C/C=C/C/C=C/CCCCCC(=O)O[C@H](COC(=O)CCCCC/C=C/CCCCCCCCCC)CO[C@@H]1O[C@H](CO)[C@H](O)C(O)C1O. The molecule has 1 fully saturated rings. The molecule has 0 spiro atoms. The van der Waals surface area contributed by atoms with Gasteiger partial charge in [-0.3, -0.25) is 9.59 Å². The van der Waals surface area contributed by atoms with Crippen molar-refractivity contribution in [1.29, 1.82) is 0 Å². The molecule has 57 heavy (non-hydrogen) atoms. The van der Waals surface area contributed by atoms with Crippen LogP contribution in [0.5, 0.6) is 0 Å². The number of aliphatic hydroxyl groups excluding tert-OH is 4. The molecule has 0 aromatic carbocycles. The molecule has 0 amide bonds. The minimum atomic E-state index is -1.60. The number of hydrogen-bond donors (Lipinski definition) is 4. The van der Waals surface area contributed by atoms with Crippen LogP contribution in [0.25, 0.3) is 0 Å². The highest BCUT2D eigenvalue weighted by molar-refractivity contribution is 5.70. The molecule has 2 unspecified atom stereocenters. The number of aliphatic hydroxyl groups is 4. The second-order valence-corrected chi connectivity index (χ2v) is 15.1. The van der Waals surface area contributed by atoms with Crippen LogP contribution in [0.1, 0.15) is 168 Å². The van der Waals surface area contributed by atoms with E-state index in [1.165, 1.54) is 57.8 Å². The molecular weight excluding hydrogens is 725 g/mol. The lowest BCUT2D eigenvalue weighted by molar-refractivity contribution is -0.305. The highest BCUT2D eigenvalue weighted by atomic mass is 16.7. The minimum absolute atomic E-state index is 0.187. The molecule has 1 heterocycles. The van der Waals surface area contributed by atoms with E-state index in [-0.39, 0.29) is 26.1 Å². The van der Waals surface area contributed by atoms with Crippen LogP contribution in [0.3, 0.4) is 0 Å². The van der Waals surface area contributed by atoms with Gasteiger partial charge in [0.05, 0.1) is 13.2 Å². The predicted molar refractivity (Wildman–Crippen MR) is 228 cm³/mol. The van der Waals surface area contributed by atoms with Crippen molar-refractivity contribution in [3.05, 3.63) is 60.8 Å². The minimum Gasteiger partial charge on any atom is -0.462 e. The quantitative estimate of drug-likeness (QED) is 0.0274. The van der Waals surface area contributed by atoms with E-state index in [4.69, 9.17) is 18.9 Å². The lowest BCUT2D eigenvalue weighted by atomic mass is 9.99. The predicted octanol–water partition coefficient (Wildman–Crippen LogP) is 9.44. The van der Waals surface area contributed by atoms with Crippen molar-refractivity contribution < 1.29 is 49.0 Å². The Morgan fingerprint density at radius 3 is 1.56 bits per heavy atom. The van der Waals surface area contributed by atoms with Crippen LogP contribution < -0.4 is 0 Å². The first kappa shape index (κ1) is 52.4. The van der Waals surface area contributed by atoms with Crippen LogP contribution >= 0.6 is 0 Å². The van der Waals surface area contributed by atoms with Gasteiger partial charge in [0, 0.05) is 12.8 Å². The monoisotopic (exact) mass is 805 g/mol. The van der Waals surface area contributed by atoms with E-state index in [9.17, 15) is 30.0 Å². The molecular formula is C47H80O10. The Balaban J connectivity index is 2.38. The molecule has 1 aliphatic heterocycles. The molecule has 0 aromatic heterocycles. The fourth-order valence-electron chi connectivity index (χ4n) is 6.29. The molecule has 1 rings (SSSR count). The molecule has 328 valence electrons. The maximum atomic E-state index is 12.8. The Bertz CT molecular complexity index is 1110. The fraction of sp³-hybridized carbons (Fsp3) is 0.745. The Kier molecular flexibility index (Phi) is 34.6. The summed E-state index contributed by atoms with van der Waals surface area (Å²) in [7, 11) is 0. The van der Waals surface area contributed by atoms with Gasteiger partial charge in [-0.05, 0) is 77.0 Å². The van der Waals surface area contributed by atoms with Crippen molar-refractivity contribution in [2.24, 2.45) is 0 Å². The van der Waals surface area contributed by atoms with E-state index < -0.39 is 55.4 Å². The summed E-state index contributed by atoms with van der Waals surface area (Å²) in [6.07, 6.45) is 37.9. The van der Waals surface area contributed by atoms with E-state index in [1.807, 2.05) is 0 Å². The normalized spacial score (nSPS) is 20.8. The van der Waals surface area contributed by atoms with Gasteiger partial charge in [0.2, 0.25) is 0 Å². The molecule has 10 nitrogen and oxygen atoms in total. The van der Waals surface area contributed by atoms with E-state index >= 15 is 0 Å². The van der Waals surface area contributed by atoms with Gasteiger partial charge in [0.25, 0.3) is 0 Å². The van der Waals surface area contributed by atoms with Crippen LogP contribution in [0.15, 0.2) is 60.8 Å². The summed E-state index contributed by atoms with van der Waals surface area (Å²) in [5.41, 5.74) is 0. The summed E-state index contributed by atoms with van der Waals surface area (Å²) in [6, 6.07) is 0. The molecule has 4 N–H and O–H groups in total. The van der Waals surface area contributed by atoms with Gasteiger partial charge in [-0.2, -0.15) is 0 Å². The Morgan fingerprint density at radius 2 is 1.02 bits per heavy atom.